The number of rotatable bonds is 6. The van der Waals surface area contributed by atoms with Crippen molar-refractivity contribution in [3.05, 3.63) is 59.9 Å². The number of thiophene rings is 1. The molecule has 2 aromatic carbocycles. The average molecular weight is 463 g/mol. The van der Waals surface area contributed by atoms with E-state index in [4.69, 9.17) is 4.74 Å². The molecule has 33 heavy (non-hydrogen) atoms. The number of hydrogen-bond donors (Lipinski definition) is 0. The maximum Gasteiger partial charge on any atom is 0.182 e. The number of hydrogen-bond acceptors (Lipinski definition) is 2. The van der Waals surface area contributed by atoms with Crippen molar-refractivity contribution in [1.82, 2.24) is 0 Å². The number of methoxy groups -OCH3 is 1. The smallest absolute Gasteiger partial charge is 0.182 e. The highest BCUT2D eigenvalue weighted by molar-refractivity contribution is 7.22. The summed E-state index contributed by atoms with van der Waals surface area (Å²) in [7, 11) is 1.51. The van der Waals surface area contributed by atoms with Gasteiger partial charge in [0.15, 0.2) is 11.6 Å². The van der Waals surface area contributed by atoms with Gasteiger partial charge >= 0.3 is 0 Å². The number of halogens is 1. The van der Waals surface area contributed by atoms with Crippen molar-refractivity contribution < 1.29 is 9.13 Å². The van der Waals surface area contributed by atoms with Crippen LogP contribution in [0.5, 0.6) is 5.75 Å². The van der Waals surface area contributed by atoms with Crippen molar-refractivity contribution in [2.24, 2.45) is 17.8 Å². The highest BCUT2D eigenvalue weighted by Gasteiger charge is 2.28. The number of allylic oxidation sites excluding steroid dienone is 2. The monoisotopic (exact) mass is 462 g/mol. The summed E-state index contributed by atoms with van der Waals surface area (Å²) in [6.45, 7) is 2.33. The van der Waals surface area contributed by atoms with Crippen LogP contribution in [0.1, 0.15) is 70.3 Å². The Kier molecular flexibility index (Phi) is 6.87. The molecule has 1 fully saturated rings. The Morgan fingerprint density at radius 1 is 0.939 bits per heavy atom. The van der Waals surface area contributed by atoms with Gasteiger partial charge in [-0.05, 0) is 90.1 Å². The first-order valence-corrected chi connectivity index (χ1v) is 13.5. The highest BCUT2D eigenvalue weighted by atomic mass is 32.1. The summed E-state index contributed by atoms with van der Waals surface area (Å²) < 4.78 is 20.4. The quantitative estimate of drug-likeness (QED) is 0.354. The Balaban J connectivity index is 1.25. The second-order valence-corrected chi connectivity index (χ2v) is 11.1. The van der Waals surface area contributed by atoms with Crippen molar-refractivity contribution in [1.29, 1.82) is 0 Å². The van der Waals surface area contributed by atoms with Crippen LogP contribution in [0.2, 0.25) is 0 Å². The molecule has 1 aromatic heterocycles. The Hall–Kier alpha value is -2.13. The molecule has 1 saturated carbocycles. The van der Waals surface area contributed by atoms with Gasteiger partial charge in [0, 0.05) is 4.88 Å². The normalized spacial score (nSPS) is 23.5. The SMILES string of the molecule is CCCC1CCC(C2CC=C(c3ccc(-c4cc5ccc(OC)c(F)c5s4)cc3)CC2)CC1. The topological polar surface area (TPSA) is 9.23 Å². The summed E-state index contributed by atoms with van der Waals surface area (Å²) in [6.07, 6.45) is 14.9. The molecule has 3 aromatic rings. The van der Waals surface area contributed by atoms with Gasteiger partial charge in [0.05, 0.1) is 11.8 Å². The van der Waals surface area contributed by atoms with E-state index in [1.54, 1.807) is 6.07 Å². The molecule has 1 unspecified atom stereocenters. The summed E-state index contributed by atoms with van der Waals surface area (Å²) in [4.78, 5) is 1.10. The van der Waals surface area contributed by atoms with Crippen molar-refractivity contribution in [2.75, 3.05) is 7.11 Å². The fraction of sp³-hybridized carbons (Fsp3) is 0.467. The van der Waals surface area contributed by atoms with Gasteiger partial charge in [0.25, 0.3) is 0 Å². The van der Waals surface area contributed by atoms with Gasteiger partial charge in [-0.2, -0.15) is 0 Å². The van der Waals surface area contributed by atoms with E-state index in [-0.39, 0.29) is 5.82 Å². The summed E-state index contributed by atoms with van der Waals surface area (Å²) in [6, 6.07) is 14.6. The summed E-state index contributed by atoms with van der Waals surface area (Å²) in [5.74, 6) is 2.89. The average Bonchev–Trinajstić information content (AvgIpc) is 3.31. The molecule has 0 saturated heterocycles. The minimum Gasteiger partial charge on any atom is -0.494 e. The van der Waals surface area contributed by atoms with Crippen molar-refractivity contribution in [3.8, 4) is 16.2 Å². The zero-order chi connectivity index (χ0) is 22.8. The lowest BCUT2D eigenvalue weighted by Crippen LogP contribution is -2.23. The minimum absolute atomic E-state index is 0.261. The first-order chi connectivity index (χ1) is 16.2. The van der Waals surface area contributed by atoms with Gasteiger partial charge in [-0.25, -0.2) is 4.39 Å². The number of ether oxygens (including phenoxy) is 1. The van der Waals surface area contributed by atoms with Gasteiger partial charge in [-0.3, -0.25) is 0 Å². The lowest BCUT2D eigenvalue weighted by molar-refractivity contribution is 0.189. The second kappa shape index (κ2) is 10.0. The Bertz CT molecular complexity index is 1120. The van der Waals surface area contributed by atoms with Crippen LogP contribution in [0, 0.1) is 23.6 Å². The molecule has 5 rings (SSSR count). The van der Waals surface area contributed by atoms with E-state index in [2.05, 4.69) is 43.3 Å². The standard InChI is InChI=1S/C30H35FOS/c1-3-4-20-5-7-21(8-6-20)22-9-11-23(12-10-22)24-13-15-25(16-14-24)28-19-26-17-18-27(32-2)29(31)30(26)33-28/h11,13-22H,3-10,12H2,1-2H3. The molecule has 1 heterocycles. The first kappa shape index (κ1) is 22.7. The van der Waals surface area contributed by atoms with E-state index in [0.717, 1.165) is 33.6 Å². The summed E-state index contributed by atoms with van der Waals surface area (Å²) in [5.41, 5.74) is 4.00. The molecule has 174 valence electrons. The van der Waals surface area contributed by atoms with E-state index in [1.165, 1.54) is 87.4 Å². The largest absolute Gasteiger partial charge is 0.494 e. The molecule has 0 radical (unpaired) electrons. The zero-order valence-corrected chi connectivity index (χ0v) is 20.7. The van der Waals surface area contributed by atoms with E-state index in [0.29, 0.717) is 10.4 Å². The van der Waals surface area contributed by atoms with Crippen LogP contribution in [0.4, 0.5) is 4.39 Å². The van der Waals surface area contributed by atoms with Crippen LogP contribution in [0.25, 0.3) is 26.1 Å². The van der Waals surface area contributed by atoms with E-state index < -0.39 is 0 Å². The van der Waals surface area contributed by atoms with Crippen LogP contribution in [0.15, 0.2) is 48.5 Å². The molecule has 0 spiro atoms. The van der Waals surface area contributed by atoms with E-state index >= 15 is 0 Å². The molecule has 0 bridgehead atoms. The molecular formula is C30H35FOS. The van der Waals surface area contributed by atoms with Gasteiger partial charge in [0.2, 0.25) is 0 Å². The molecule has 2 aliphatic rings. The second-order valence-electron chi connectivity index (χ2n) is 10.0. The van der Waals surface area contributed by atoms with Gasteiger partial charge in [-0.1, -0.05) is 62.9 Å². The third kappa shape index (κ3) is 4.75. The zero-order valence-electron chi connectivity index (χ0n) is 19.9. The fourth-order valence-corrected chi connectivity index (χ4v) is 7.20. The maximum atomic E-state index is 14.6. The third-order valence-electron chi connectivity index (χ3n) is 8.06. The lowest BCUT2D eigenvalue weighted by atomic mass is 9.70. The van der Waals surface area contributed by atoms with Crippen LogP contribution < -0.4 is 4.74 Å². The molecule has 3 heteroatoms. The van der Waals surface area contributed by atoms with Gasteiger partial charge in [0.1, 0.15) is 0 Å². The predicted octanol–water partition coefficient (Wildman–Crippen LogP) is 9.51. The molecular weight excluding hydrogens is 427 g/mol. The third-order valence-corrected chi connectivity index (χ3v) is 9.25. The lowest BCUT2D eigenvalue weighted by Gasteiger charge is -2.35. The predicted molar refractivity (Wildman–Crippen MR) is 139 cm³/mol. The van der Waals surface area contributed by atoms with E-state index in [1.807, 2.05) is 6.07 Å². The molecule has 0 aliphatic heterocycles. The molecule has 1 nitrogen and oxygen atoms in total. The van der Waals surface area contributed by atoms with Crippen molar-refractivity contribution in [2.45, 2.75) is 64.7 Å². The van der Waals surface area contributed by atoms with Crippen LogP contribution in [0.3, 0.4) is 0 Å². The van der Waals surface area contributed by atoms with E-state index in [9.17, 15) is 4.39 Å². The van der Waals surface area contributed by atoms with Gasteiger partial charge in [-0.15, -0.1) is 11.3 Å². The molecule has 1 atom stereocenters. The molecule has 0 amide bonds. The molecule has 2 aliphatic carbocycles. The van der Waals surface area contributed by atoms with Crippen LogP contribution >= 0.6 is 11.3 Å². The maximum absolute atomic E-state index is 14.6. The van der Waals surface area contributed by atoms with Crippen LogP contribution in [-0.4, -0.2) is 7.11 Å². The van der Waals surface area contributed by atoms with Crippen molar-refractivity contribution in [3.63, 3.8) is 0 Å². The Morgan fingerprint density at radius 3 is 2.36 bits per heavy atom. The summed E-state index contributed by atoms with van der Waals surface area (Å²) >= 11 is 1.50. The summed E-state index contributed by atoms with van der Waals surface area (Å²) in [5, 5.41) is 0.933. The van der Waals surface area contributed by atoms with Gasteiger partial charge < -0.3 is 4.74 Å². The van der Waals surface area contributed by atoms with Crippen LogP contribution in [-0.2, 0) is 0 Å². The minimum atomic E-state index is -0.261. The molecule has 0 N–H and O–H groups in total. The number of benzene rings is 2. The highest BCUT2D eigenvalue weighted by Crippen LogP contribution is 2.43. The first-order valence-electron chi connectivity index (χ1n) is 12.7. The fourth-order valence-electron chi connectivity index (χ4n) is 6.10. The number of fused-ring (bicyclic) bond motifs is 1. The van der Waals surface area contributed by atoms with Crippen molar-refractivity contribution >= 4 is 27.0 Å². The Labute approximate surface area is 201 Å². The Morgan fingerprint density at radius 2 is 1.70 bits per heavy atom.